The van der Waals surface area contributed by atoms with Gasteiger partial charge in [-0.1, -0.05) is 0 Å². The minimum atomic E-state index is -0.229. The van der Waals surface area contributed by atoms with E-state index >= 15 is 0 Å². The molecule has 0 fully saturated rings. The van der Waals surface area contributed by atoms with Crippen LogP contribution in [0.4, 0.5) is 0 Å². The van der Waals surface area contributed by atoms with E-state index in [1.165, 1.54) is 13.8 Å². The third-order valence-electron chi connectivity index (χ3n) is 0.909. The Hall–Kier alpha value is -1.19. The highest BCUT2D eigenvalue weighted by Gasteiger charge is 1.96. The Morgan fingerprint density at radius 1 is 1.27 bits per heavy atom. The smallest absolute Gasteiger partial charge is 0.236 e. The Balaban J connectivity index is 3.81. The number of Topliss-reactive ketones (excluding diaryl/α,β-unsaturated/α-hetero) is 1. The van der Waals surface area contributed by atoms with Crippen LogP contribution >= 0.6 is 0 Å². The van der Waals surface area contributed by atoms with Crippen molar-refractivity contribution in [2.24, 2.45) is 5.10 Å². The first-order valence-corrected chi connectivity index (χ1v) is 3.31. The Kier molecular flexibility index (Phi) is 4.10. The number of nitrogens with one attached hydrogen (secondary N) is 1. The van der Waals surface area contributed by atoms with Gasteiger partial charge in [0.2, 0.25) is 5.91 Å². The molecule has 0 radical (unpaired) electrons. The minimum absolute atomic E-state index is 0.0385. The van der Waals surface area contributed by atoms with Crippen LogP contribution in [0, 0.1) is 0 Å². The van der Waals surface area contributed by atoms with Crippen LogP contribution in [0.5, 0.6) is 0 Å². The number of hydrogen-bond donors (Lipinski definition) is 1. The normalized spacial score (nSPS) is 11.0. The zero-order valence-electron chi connectivity index (χ0n) is 6.97. The molecule has 1 N–H and O–H groups in total. The second kappa shape index (κ2) is 4.60. The summed E-state index contributed by atoms with van der Waals surface area (Å²) in [5.74, 6) is -0.190. The van der Waals surface area contributed by atoms with Gasteiger partial charge in [-0.25, -0.2) is 5.43 Å². The molecule has 0 bridgehead atoms. The van der Waals surface area contributed by atoms with Crippen LogP contribution in [-0.2, 0) is 9.59 Å². The van der Waals surface area contributed by atoms with Gasteiger partial charge < -0.3 is 0 Å². The van der Waals surface area contributed by atoms with E-state index in [1.807, 2.05) is 0 Å². The van der Waals surface area contributed by atoms with Crippen molar-refractivity contribution in [1.82, 2.24) is 5.43 Å². The van der Waals surface area contributed by atoms with Crippen LogP contribution < -0.4 is 5.43 Å². The standard InChI is InChI=1S/C7H12N2O2/c1-5(4-6(2)10)8-9-7(3)11/h4H2,1-3H3,(H,9,11). The van der Waals surface area contributed by atoms with Gasteiger partial charge in [0.25, 0.3) is 0 Å². The Morgan fingerprint density at radius 3 is 2.18 bits per heavy atom. The molecule has 4 nitrogen and oxygen atoms in total. The number of hydrogen-bond acceptors (Lipinski definition) is 3. The molecular weight excluding hydrogens is 144 g/mol. The van der Waals surface area contributed by atoms with E-state index in [9.17, 15) is 9.59 Å². The second-order valence-corrected chi connectivity index (χ2v) is 2.39. The lowest BCUT2D eigenvalue weighted by molar-refractivity contribution is -0.119. The van der Waals surface area contributed by atoms with Crippen molar-refractivity contribution < 1.29 is 9.59 Å². The third-order valence-corrected chi connectivity index (χ3v) is 0.909. The Bertz CT molecular complexity index is 197. The van der Waals surface area contributed by atoms with Crippen molar-refractivity contribution in [1.29, 1.82) is 0 Å². The molecule has 4 heteroatoms. The molecule has 0 aromatic heterocycles. The first-order chi connectivity index (χ1) is 5.02. The average Bonchev–Trinajstić information content (AvgIpc) is 1.82. The van der Waals surface area contributed by atoms with E-state index < -0.39 is 0 Å². The summed E-state index contributed by atoms with van der Waals surface area (Å²) in [6, 6.07) is 0. The molecule has 0 atom stereocenters. The molecular formula is C7H12N2O2. The third kappa shape index (κ3) is 6.70. The SMILES string of the molecule is CC(=O)CC(C)=NNC(C)=O. The molecule has 0 aromatic carbocycles. The maximum Gasteiger partial charge on any atom is 0.236 e. The topological polar surface area (TPSA) is 58.5 Å². The fourth-order valence-corrected chi connectivity index (χ4v) is 0.574. The summed E-state index contributed by atoms with van der Waals surface area (Å²) in [6.45, 7) is 4.54. The molecule has 11 heavy (non-hydrogen) atoms. The van der Waals surface area contributed by atoms with Crippen molar-refractivity contribution in [2.75, 3.05) is 0 Å². The fourth-order valence-electron chi connectivity index (χ4n) is 0.574. The molecule has 0 heterocycles. The minimum Gasteiger partial charge on any atom is -0.300 e. The fraction of sp³-hybridized carbons (Fsp3) is 0.571. The summed E-state index contributed by atoms with van der Waals surface area (Å²) >= 11 is 0. The Morgan fingerprint density at radius 2 is 1.82 bits per heavy atom. The molecule has 0 unspecified atom stereocenters. The molecule has 0 aromatic rings. The van der Waals surface area contributed by atoms with Gasteiger partial charge in [-0.15, -0.1) is 0 Å². The van der Waals surface area contributed by atoms with Crippen molar-refractivity contribution >= 4 is 17.4 Å². The molecule has 0 spiro atoms. The van der Waals surface area contributed by atoms with Gasteiger partial charge in [-0.2, -0.15) is 5.10 Å². The van der Waals surface area contributed by atoms with Crippen molar-refractivity contribution in [3.8, 4) is 0 Å². The summed E-state index contributed by atoms with van der Waals surface area (Å²) in [6.07, 6.45) is 0.292. The zero-order chi connectivity index (χ0) is 8.85. The highest BCUT2D eigenvalue weighted by molar-refractivity contribution is 5.99. The quantitative estimate of drug-likeness (QED) is 0.477. The first kappa shape index (κ1) is 9.81. The monoisotopic (exact) mass is 156 g/mol. The summed E-state index contributed by atoms with van der Waals surface area (Å²) in [5, 5.41) is 3.66. The van der Waals surface area contributed by atoms with Crippen LogP contribution in [0.15, 0.2) is 5.10 Å². The molecule has 0 aliphatic rings. The average molecular weight is 156 g/mol. The lowest BCUT2D eigenvalue weighted by Gasteiger charge is -1.95. The van der Waals surface area contributed by atoms with Crippen molar-refractivity contribution in [3.05, 3.63) is 0 Å². The molecule has 0 rings (SSSR count). The van der Waals surface area contributed by atoms with Crippen LogP contribution in [0.3, 0.4) is 0 Å². The van der Waals surface area contributed by atoms with Crippen LogP contribution in [0.1, 0.15) is 27.2 Å². The molecule has 0 saturated heterocycles. The number of carbonyl (C=O) groups is 2. The van der Waals surface area contributed by atoms with Crippen molar-refractivity contribution in [2.45, 2.75) is 27.2 Å². The van der Waals surface area contributed by atoms with E-state index in [0.717, 1.165) is 0 Å². The summed E-state index contributed by atoms with van der Waals surface area (Å²) < 4.78 is 0. The predicted molar refractivity (Wildman–Crippen MR) is 42.2 cm³/mol. The molecule has 62 valence electrons. The molecule has 0 saturated carbocycles. The van der Waals surface area contributed by atoms with Gasteiger partial charge in [-0.3, -0.25) is 9.59 Å². The molecule has 1 amide bonds. The summed E-state index contributed by atoms with van der Waals surface area (Å²) in [7, 11) is 0. The highest BCUT2D eigenvalue weighted by Crippen LogP contribution is 1.85. The molecule has 0 aliphatic carbocycles. The lowest BCUT2D eigenvalue weighted by Crippen LogP contribution is -2.15. The van der Waals surface area contributed by atoms with Crippen molar-refractivity contribution in [3.63, 3.8) is 0 Å². The predicted octanol–water partition coefficient (Wildman–Crippen LogP) is 0.478. The van der Waals surface area contributed by atoms with Gasteiger partial charge in [0.15, 0.2) is 0 Å². The Labute approximate surface area is 65.7 Å². The first-order valence-electron chi connectivity index (χ1n) is 3.31. The van der Waals surface area contributed by atoms with E-state index in [-0.39, 0.29) is 11.7 Å². The number of hydrazone groups is 1. The summed E-state index contributed by atoms with van der Waals surface area (Å²) in [5.41, 5.74) is 2.87. The number of amides is 1. The lowest BCUT2D eigenvalue weighted by atomic mass is 10.2. The van der Waals surface area contributed by atoms with Crippen LogP contribution in [-0.4, -0.2) is 17.4 Å². The van der Waals surface area contributed by atoms with Crippen LogP contribution in [0.25, 0.3) is 0 Å². The van der Waals surface area contributed by atoms with Gasteiger partial charge in [0.1, 0.15) is 5.78 Å². The number of carbonyl (C=O) groups excluding carboxylic acids is 2. The van der Waals surface area contributed by atoms with Gasteiger partial charge >= 0.3 is 0 Å². The number of ketones is 1. The number of nitrogens with zero attached hydrogens (tertiary/aromatic N) is 1. The van der Waals surface area contributed by atoms with Gasteiger partial charge in [0, 0.05) is 19.1 Å². The zero-order valence-corrected chi connectivity index (χ0v) is 6.97. The van der Waals surface area contributed by atoms with Gasteiger partial charge in [0.05, 0.1) is 0 Å². The largest absolute Gasteiger partial charge is 0.300 e. The van der Waals surface area contributed by atoms with Crippen LogP contribution in [0.2, 0.25) is 0 Å². The van der Waals surface area contributed by atoms with E-state index in [1.54, 1.807) is 6.92 Å². The molecule has 0 aliphatic heterocycles. The van der Waals surface area contributed by atoms with E-state index in [2.05, 4.69) is 10.5 Å². The van der Waals surface area contributed by atoms with E-state index in [4.69, 9.17) is 0 Å². The summed E-state index contributed by atoms with van der Waals surface area (Å²) in [4.78, 5) is 20.8. The maximum absolute atomic E-state index is 10.5. The number of rotatable bonds is 3. The maximum atomic E-state index is 10.5. The van der Waals surface area contributed by atoms with E-state index in [0.29, 0.717) is 12.1 Å². The second-order valence-electron chi connectivity index (χ2n) is 2.39. The van der Waals surface area contributed by atoms with Gasteiger partial charge in [-0.05, 0) is 13.8 Å². The highest BCUT2D eigenvalue weighted by atomic mass is 16.2.